The molecule has 3 aromatic carbocycles. The minimum atomic E-state index is -0.0703. The van der Waals surface area contributed by atoms with Gasteiger partial charge < -0.3 is 0 Å². The normalized spacial score (nSPS) is 11.7. The van der Waals surface area contributed by atoms with Crippen LogP contribution in [0.1, 0.15) is 57.0 Å². The van der Waals surface area contributed by atoms with Crippen LogP contribution in [0.15, 0.2) is 72.8 Å². The molecule has 4 rings (SSSR count). The highest BCUT2D eigenvalue weighted by atomic mass is 15.3. The second-order valence-electron chi connectivity index (χ2n) is 9.40. The minimum absolute atomic E-state index is 0.0703. The van der Waals surface area contributed by atoms with Gasteiger partial charge in [-0.05, 0) is 55.2 Å². The predicted molar refractivity (Wildman–Crippen MR) is 134 cm³/mol. The molecule has 0 spiro atoms. The molecule has 0 aliphatic rings. The number of aryl methyl sites for hydroxylation is 2. The van der Waals surface area contributed by atoms with Crippen LogP contribution in [-0.2, 0) is 5.41 Å². The van der Waals surface area contributed by atoms with Gasteiger partial charge in [-0.25, -0.2) is 0 Å². The molecule has 0 fully saturated rings. The van der Waals surface area contributed by atoms with Crippen molar-refractivity contribution in [2.75, 3.05) is 0 Å². The van der Waals surface area contributed by atoms with E-state index in [0.717, 1.165) is 29.3 Å². The number of rotatable bonds is 7. The lowest BCUT2D eigenvalue weighted by Crippen LogP contribution is -2.23. The lowest BCUT2D eigenvalue weighted by molar-refractivity contribution is 0.425. The van der Waals surface area contributed by atoms with E-state index in [4.69, 9.17) is 10.2 Å². The Labute approximate surface area is 192 Å². The Morgan fingerprint density at radius 2 is 1.53 bits per heavy atom. The molecule has 3 nitrogen and oxygen atoms in total. The molecular formula is C29H33N3. The summed E-state index contributed by atoms with van der Waals surface area (Å²) in [7, 11) is 0. The van der Waals surface area contributed by atoms with Gasteiger partial charge in [0.25, 0.3) is 0 Å². The van der Waals surface area contributed by atoms with E-state index in [1.54, 1.807) is 0 Å². The van der Waals surface area contributed by atoms with E-state index in [-0.39, 0.29) is 5.41 Å². The van der Waals surface area contributed by atoms with Gasteiger partial charge in [-0.1, -0.05) is 93.8 Å². The van der Waals surface area contributed by atoms with Crippen LogP contribution in [-0.4, -0.2) is 14.8 Å². The molecule has 1 aromatic heterocycles. The topological polar surface area (TPSA) is 30.7 Å². The monoisotopic (exact) mass is 423 g/mol. The zero-order chi connectivity index (χ0) is 22.7. The van der Waals surface area contributed by atoms with E-state index >= 15 is 0 Å². The van der Waals surface area contributed by atoms with Crippen LogP contribution in [0.3, 0.4) is 0 Å². The summed E-state index contributed by atoms with van der Waals surface area (Å²) in [5.41, 5.74) is 7.07. The third-order valence-electron chi connectivity index (χ3n) is 6.30. The van der Waals surface area contributed by atoms with Gasteiger partial charge in [0.05, 0.1) is 0 Å². The van der Waals surface area contributed by atoms with Crippen molar-refractivity contribution in [1.29, 1.82) is 0 Å². The molecule has 0 atom stereocenters. The summed E-state index contributed by atoms with van der Waals surface area (Å²) in [4.78, 5) is 0. The molecule has 0 aliphatic carbocycles. The van der Waals surface area contributed by atoms with Crippen molar-refractivity contribution in [3.05, 3.63) is 89.7 Å². The number of benzene rings is 3. The molecule has 0 radical (unpaired) electrons. The third-order valence-corrected chi connectivity index (χ3v) is 6.30. The second kappa shape index (κ2) is 9.12. The highest BCUT2D eigenvalue weighted by molar-refractivity contribution is 5.74. The Morgan fingerprint density at radius 3 is 2.22 bits per heavy atom. The predicted octanol–water partition coefficient (Wildman–Crippen LogP) is 7.69. The van der Waals surface area contributed by atoms with Crippen LogP contribution < -0.4 is 0 Å². The maximum atomic E-state index is 4.75. The van der Waals surface area contributed by atoms with E-state index < -0.39 is 0 Å². The number of hydrogen-bond donors (Lipinski definition) is 0. The first-order valence-corrected chi connectivity index (χ1v) is 11.6. The summed E-state index contributed by atoms with van der Waals surface area (Å²) < 4.78 is 2.26. The first kappa shape index (κ1) is 22.0. The van der Waals surface area contributed by atoms with Gasteiger partial charge in [-0.3, -0.25) is 4.57 Å². The molecule has 0 saturated carbocycles. The molecule has 0 saturated heterocycles. The third kappa shape index (κ3) is 4.38. The summed E-state index contributed by atoms with van der Waals surface area (Å²) in [6.07, 6.45) is 3.43. The van der Waals surface area contributed by atoms with Gasteiger partial charge in [-0.15, -0.1) is 10.2 Å². The molecule has 0 bridgehead atoms. The Bertz CT molecular complexity index is 1190. The minimum Gasteiger partial charge on any atom is -0.279 e. The van der Waals surface area contributed by atoms with Gasteiger partial charge >= 0.3 is 0 Å². The first-order chi connectivity index (χ1) is 15.4. The molecule has 0 N–H and O–H groups in total. The van der Waals surface area contributed by atoms with Crippen molar-refractivity contribution >= 4 is 0 Å². The van der Waals surface area contributed by atoms with E-state index in [0.29, 0.717) is 0 Å². The highest BCUT2D eigenvalue weighted by Gasteiger charge is 2.29. The standard InChI is InChI=1S/C29H33N3/c1-6-7-19-29(4,5)28-31-30-27(32(28)25-17-13-21(2)14-18-25)24-16-15-22(3)26(20-24)23-11-9-8-10-12-23/h8-18,20H,6-7,19H2,1-5H3. The molecule has 3 heteroatoms. The van der Waals surface area contributed by atoms with Gasteiger partial charge in [0.15, 0.2) is 5.82 Å². The number of unbranched alkanes of at least 4 members (excludes halogenated alkanes) is 1. The summed E-state index contributed by atoms with van der Waals surface area (Å²) in [5, 5.41) is 9.49. The van der Waals surface area contributed by atoms with Crippen LogP contribution >= 0.6 is 0 Å². The zero-order valence-electron chi connectivity index (χ0n) is 19.9. The number of hydrogen-bond acceptors (Lipinski definition) is 2. The Kier molecular flexibility index (Phi) is 6.27. The van der Waals surface area contributed by atoms with Gasteiger partial charge in [-0.2, -0.15) is 0 Å². The Morgan fingerprint density at radius 1 is 0.812 bits per heavy atom. The van der Waals surface area contributed by atoms with Crippen molar-refractivity contribution in [3.63, 3.8) is 0 Å². The number of aromatic nitrogens is 3. The maximum absolute atomic E-state index is 4.75. The van der Waals surface area contributed by atoms with Crippen molar-refractivity contribution in [3.8, 4) is 28.2 Å². The summed E-state index contributed by atoms with van der Waals surface area (Å²) >= 11 is 0. The zero-order valence-corrected chi connectivity index (χ0v) is 19.9. The van der Waals surface area contributed by atoms with Crippen molar-refractivity contribution in [1.82, 2.24) is 14.8 Å². The maximum Gasteiger partial charge on any atom is 0.168 e. The molecule has 164 valence electrons. The fraction of sp³-hybridized carbons (Fsp3) is 0.310. The van der Waals surface area contributed by atoms with Crippen LogP contribution in [0, 0.1) is 13.8 Å². The average molecular weight is 424 g/mol. The van der Waals surface area contributed by atoms with Crippen LogP contribution in [0.2, 0.25) is 0 Å². The largest absolute Gasteiger partial charge is 0.279 e. The Hall–Kier alpha value is -3.20. The smallest absolute Gasteiger partial charge is 0.168 e. The molecule has 0 aliphatic heterocycles. The average Bonchev–Trinajstić information content (AvgIpc) is 3.25. The molecule has 32 heavy (non-hydrogen) atoms. The molecule has 0 amide bonds. The fourth-order valence-corrected chi connectivity index (χ4v) is 4.27. The van der Waals surface area contributed by atoms with E-state index in [1.807, 2.05) is 0 Å². The Balaban J connectivity index is 1.89. The van der Waals surface area contributed by atoms with Crippen molar-refractivity contribution < 1.29 is 0 Å². The molecule has 4 aromatic rings. The van der Waals surface area contributed by atoms with Crippen LogP contribution in [0.5, 0.6) is 0 Å². The first-order valence-electron chi connectivity index (χ1n) is 11.6. The second-order valence-corrected chi connectivity index (χ2v) is 9.40. The van der Waals surface area contributed by atoms with Crippen molar-refractivity contribution in [2.24, 2.45) is 0 Å². The summed E-state index contributed by atoms with van der Waals surface area (Å²) in [6, 6.07) is 25.8. The van der Waals surface area contributed by atoms with Gasteiger partial charge in [0.1, 0.15) is 5.82 Å². The fourth-order valence-electron chi connectivity index (χ4n) is 4.27. The number of nitrogens with zero attached hydrogens (tertiary/aromatic N) is 3. The molecule has 1 heterocycles. The lowest BCUT2D eigenvalue weighted by atomic mass is 9.86. The molecular weight excluding hydrogens is 390 g/mol. The van der Waals surface area contributed by atoms with Gasteiger partial charge in [0.2, 0.25) is 0 Å². The van der Waals surface area contributed by atoms with E-state index in [9.17, 15) is 0 Å². The molecule has 0 unspecified atom stereocenters. The van der Waals surface area contributed by atoms with Crippen LogP contribution in [0.4, 0.5) is 0 Å². The SMILES string of the molecule is CCCCC(C)(C)c1nnc(-c2ccc(C)c(-c3ccccc3)c2)n1-c1ccc(C)cc1. The summed E-state index contributed by atoms with van der Waals surface area (Å²) in [6.45, 7) is 11.1. The quantitative estimate of drug-likeness (QED) is 0.305. The van der Waals surface area contributed by atoms with Crippen LogP contribution in [0.25, 0.3) is 28.2 Å². The van der Waals surface area contributed by atoms with Crippen molar-refractivity contribution in [2.45, 2.75) is 59.3 Å². The lowest BCUT2D eigenvalue weighted by Gasteiger charge is -2.25. The highest BCUT2D eigenvalue weighted by Crippen LogP contribution is 2.35. The van der Waals surface area contributed by atoms with Gasteiger partial charge in [0, 0.05) is 16.7 Å². The van der Waals surface area contributed by atoms with E-state index in [1.165, 1.54) is 35.1 Å². The summed E-state index contributed by atoms with van der Waals surface area (Å²) in [5.74, 6) is 1.91. The van der Waals surface area contributed by atoms with E-state index in [2.05, 4.69) is 112 Å².